The highest BCUT2D eigenvalue weighted by Gasteiger charge is 2.42. The number of piperidine rings is 1. The predicted molar refractivity (Wildman–Crippen MR) is 98.6 cm³/mol. The molecule has 1 saturated carbocycles. The molecule has 0 amide bonds. The van der Waals surface area contributed by atoms with Gasteiger partial charge in [0.2, 0.25) is 0 Å². The molecular formula is C19H25N3OS. The first-order valence-electron chi connectivity index (χ1n) is 8.92. The Morgan fingerprint density at radius 2 is 2.12 bits per heavy atom. The molecule has 24 heavy (non-hydrogen) atoms. The van der Waals surface area contributed by atoms with Crippen LogP contribution in [0.1, 0.15) is 37.8 Å². The zero-order valence-corrected chi connectivity index (χ0v) is 14.8. The molecule has 4 rings (SSSR count). The monoisotopic (exact) mass is 343 g/mol. The number of para-hydroxylation sites is 1. The molecule has 0 radical (unpaired) electrons. The molecule has 1 aliphatic carbocycles. The van der Waals surface area contributed by atoms with Gasteiger partial charge in [0.25, 0.3) is 0 Å². The van der Waals surface area contributed by atoms with E-state index in [0.717, 1.165) is 49.0 Å². The van der Waals surface area contributed by atoms with Crippen molar-refractivity contribution < 1.29 is 5.11 Å². The Hall–Kier alpha value is -1.43. The second-order valence-corrected chi connectivity index (χ2v) is 8.02. The molecule has 2 fully saturated rings. The van der Waals surface area contributed by atoms with Crippen molar-refractivity contribution >= 4 is 22.2 Å². The Morgan fingerprint density at radius 3 is 3.00 bits per heavy atom. The zero-order chi connectivity index (χ0) is 16.4. The van der Waals surface area contributed by atoms with Gasteiger partial charge in [0.1, 0.15) is 0 Å². The lowest BCUT2D eigenvalue weighted by atomic mass is 9.71. The molecule has 2 atom stereocenters. The molecule has 2 aliphatic rings. The van der Waals surface area contributed by atoms with Crippen molar-refractivity contribution in [3.63, 3.8) is 0 Å². The fourth-order valence-corrected chi connectivity index (χ4v) is 4.82. The Kier molecular flexibility index (Phi) is 4.57. The number of nitrogens with zero attached hydrogens (tertiary/aromatic N) is 2. The van der Waals surface area contributed by atoms with Crippen molar-refractivity contribution in [2.45, 2.75) is 44.2 Å². The summed E-state index contributed by atoms with van der Waals surface area (Å²) in [5.74, 6) is 0.445. The van der Waals surface area contributed by atoms with Gasteiger partial charge in [-0.15, -0.1) is 11.3 Å². The van der Waals surface area contributed by atoms with E-state index in [2.05, 4.69) is 27.7 Å². The fraction of sp³-hybridized carbons (Fsp3) is 0.526. The Bertz CT molecular complexity index is 674. The first-order chi connectivity index (χ1) is 11.7. The van der Waals surface area contributed by atoms with Crippen molar-refractivity contribution in [1.29, 1.82) is 0 Å². The van der Waals surface area contributed by atoms with Crippen molar-refractivity contribution in [3.05, 3.63) is 41.4 Å². The van der Waals surface area contributed by atoms with Crippen LogP contribution < -0.4 is 5.32 Å². The van der Waals surface area contributed by atoms with Gasteiger partial charge in [-0.05, 0) is 31.4 Å². The average Bonchev–Trinajstić information content (AvgIpc) is 3.03. The van der Waals surface area contributed by atoms with E-state index in [1.807, 2.05) is 18.2 Å². The van der Waals surface area contributed by atoms with E-state index < -0.39 is 5.60 Å². The number of anilines is 2. The van der Waals surface area contributed by atoms with Gasteiger partial charge in [0, 0.05) is 36.6 Å². The summed E-state index contributed by atoms with van der Waals surface area (Å²) >= 11 is 1.66. The highest BCUT2D eigenvalue weighted by molar-refractivity contribution is 7.13. The van der Waals surface area contributed by atoms with E-state index in [4.69, 9.17) is 4.98 Å². The summed E-state index contributed by atoms with van der Waals surface area (Å²) in [5.41, 5.74) is 1.81. The molecule has 128 valence electrons. The standard InChI is InChI=1S/C19H25N3OS/c23-19-9-5-4-6-15(19)12-22(11-10-19)13-17-14-24-18(21-17)20-16-7-2-1-3-8-16/h1-3,7-8,14-15,23H,4-6,9-13H2,(H,20,21)/t15-,19-/m1/s1. The third kappa shape index (κ3) is 3.48. The van der Waals surface area contributed by atoms with Crippen LogP contribution in [0, 0.1) is 5.92 Å². The summed E-state index contributed by atoms with van der Waals surface area (Å²) < 4.78 is 0. The minimum atomic E-state index is -0.392. The zero-order valence-electron chi connectivity index (χ0n) is 13.9. The number of aromatic nitrogens is 1. The van der Waals surface area contributed by atoms with Crippen LogP contribution in [0.4, 0.5) is 10.8 Å². The quantitative estimate of drug-likeness (QED) is 0.880. The lowest BCUT2D eigenvalue weighted by Crippen LogP contribution is -2.52. The second-order valence-electron chi connectivity index (χ2n) is 7.17. The number of fused-ring (bicyclic) bond motifs is 1. The summed E-state index contributed by atoms with van der Waals surface area (Å²) in [6.45, 7) is 2.88. The number of likely N-dealkylation sites (tertiary alicyclic amines) is 1. The molecule has 2 N–H and O–H groups in total. The topological polar surface area (TPSA) is 48.4 Å². The molecule has 4 nitrogen and oxygen atoms in total. The maximum atomic E-state index is 10.8. The summed E-state index contributed by atoms with van der Waals surface area (Å²) in [6, 6.07) is 10.2. The third-order valence-corrected chi connectivity index (χ3v) is 6.28. The summed E-state index contributed by atoms with van der Waals surface area (Å²) in [6.07, 6.45) is 5.53. The van der Waals surface area contributed by atoms with Crippen molar-refractivity contribution in [1.82, 2.24) is 9.88 Å². The van der Waals surface area contributed by atoms with E-state index in [1.54, 1.807) is 11.3 Å². The molecule has 0 unspecified atom stereocenters. The highest BCUT2D eigenvalue weighted by Crippen LogP contribution is 2.40. The van der Waals surface area contributed by atoms with Gasteiger partial charge in [0.15, 0.2) is 5.13 Å². The first-order valence-corrected chi connectivity index (χ1v) is 9.80. The number of nitrogens with one attached hydrogen (secondary N) is 1. The van der Waals surface area contributed by atoms with Gasteiger partial charge in [-0.1, -0.05) is 31.0 Å². The fourth-order valence-electron chi connectivity index (χ4n) is 4.09. The van der Waals surface area contributed by atoms with Gasteiger partial charge in [-0.25, -0.2) is 4.98 Å². The molecule has 1 saturated heterocycles. The summed E-state index contributed by atoms with van der Waals surface area (Å²) in [5, 5.41) is 17.2. The van der Waals surface area contributed by atoms with E-state index >= 15 is 0 Å². The van der Waals surface area contributed by atoms with Crippen molar-refractivity contribution in [2.24, 2.45) is 5.92 Å². The van der Waals surface area contributed by atoms with Crippen LogP contribution in [-0.4, -0.2) is 33.7 Å². The van der Waals surface area contributed by atoms with Gasteiger partial charge in [-0.3, -0.25) is 4.90 Å². The molecule has 2 aromatic rings. The van der Waals surface area contributed by atoms with Gasteiger partial charge < -0.3 is 10.4 Å². The predicted octanol–water partition coefficient (Wildman–Crippen LogP) is 4.01. The number of rotatable bonds is 4. The van der Waals surface area contributed by atoms with Crippen LogP contribution in [0.5, 0.6) is 0 Å². The number of thiazole rings is 1. The second kappa shape index (κ2) is 6.82. The van der Waals surface area contributed by atoms with Gasteiger partial charge in [0.05, 0.1) is 11.3 Å². The van der Waals surface area contributed by atoms with Crippen LogP contribution in [0.15, 0.2) is 35.7 Å². The molecular weight excluding hydrogens is 318 g/mol. The third-order valence-electron chi connectivity index (χ3n) is 5.47. The van der Waals surface area contributed by atoms with Crippen LogP contribution in [0.25, 0.3) is 0 Å². The van der Waals surface area contributed by atoms with E-state index in [1.165, 1.54) is 19.3 Å². The normalized spacial score (nSPS) is 27.6. The van der Waals surface area contributed by atoms with Crippen LogP contribution in [0.3, 0.4) is 0 Å². The number of aliphatic hydroxyl groups is 1. The van der Waals surface area contributed by atoms with Crippen LogP contribution >= 0.6 is 11.3 Å². The Labute approximate surface area is 147 Å². The summed E-state index contributed by atoms with van der Waals surface area (Å²) in [4.78, 5) is 7.19. The Balaban J connectivity index is 1.36. The molecule has 1 aliphatic heterocycles. The molecule has 0 spiro atoms. The minimum absolute atomic E-state index is 0.392. The van der Waals surface area contributed by atoms with E-state index in [0.29, 0.717) is 5.92 Å². The van der Waals surface area contributed by atoms with Crippen molar-refractivity contribution in [2.75, 3.05) is 18.4 Å². The lowest BCUT2D eigenvalue weighted by molar-refractivity contribution is -0.0969. The largest absolute Gasteiger partial charge is 0.390 e. The maximum absolute atomic E-state index is 10.8. The van der Waals surface area contributed by atoms with E-state index in [-0.39, 0.29) is 0 Å². The smallest absolute Gasteiger partial charge is 0.187 e. The summed E-state index contributed by atoms with van der Waals surface area (Å²) in [7, 11) is 0. The SMILES string of the molecule is O[C@@]12CCCC[C@@H]1CN(Cc1csc(Nc3ccccc3)n1)CC2. The van der Waals surface area contributed by atoms with Crippen molar-refractivity contribution in [3.8, 4) is 0 Å². The van der Waals surface area contributed by atoms with Gasteiger partial charge in [-0.2, -0.15) is 0 Å². The highest BCUT2D eigenvalue weighted by atomic mass is 32.1. The molecule has 0 bridgehead atoms. The van der Waals surface area contributed by atoms with E-state index in [9.17, 15) is 5.11 Å². The molecule has 2 heterocycles. The van der Waals surface area contributed by atoms with Crippen LogP contribution in [0.2, 0.25) is 0 Å². The maximum Gasteiger partial charge on any atom is 0.187 e. The van der Waals surface area contributed by atoms with Gasteiger partial charge >= 0.3 is 0 Å². The number of hydrogen-bond donors (Lipinski definition) is 2. The Morgan fingerprint density at radius 1 is 1.25 bits per heavy atom. The average molecular weight is 343 g/mol. The molecule has 1 aromatic carbocycles. The molecule has 5 heteroatoms. The molecule has 1 aromatic heterocycles. The number of hydrogen-bond acceptors (Lipinski definition) is 5. The van der Waals surface area contributed by atoms with Crippen LogP contribution in [-0.2, 0) is 6.54 Å². The minimum Gasteiger partial charge on any atom is -0.390 e. The number of benzene rings is 1. The lowest BCUT2D eigenvalue weighted by Gasteiger charge is -2.47. The first kappa shape index (κ1) is 16.1.